The Morgan fingerprint density at radius 3 is 2.40 bits per heavy atom. The van der Waals surface area contributed by atoms with Crippen molar-refractivity contribution in [1.82, 2.24) is 4.90 Å². The molecule has 0 unspecified atom stereocenters. The molecule has 2 aromatic carbocycles. The van der Waals surface area contributed by atoms with Crippen LogP contribution in [0.4, 0.5) is 11.4 Å². The van der Waals surface area contributed by atoms with E-state index in [2.05, 4.69) is 26.1 Å². The molecule has 158 valence electrons. The second-order valence-electron chi connectivity index (χ2n) is 6.88. The minimum atomic E-state index is -0.443. The van der Waals surface area contributed by atoms with E-state index in [9.17, 15) is 14.4 Å². The number of ether oxygens (including phenoxy) is 1. The van der Waals surface area contributed by atoms with Crippen LogP contribution in [0.3, 0.4) is 0 Å². The molecule has 1 fully saturated rings. The minimum Gasteiger partial charge on any atom is -0.462 e. The van der Waals surface area contributed by atoms with E-state index in [4.69, 9.17) is 4.74 Å². The summed E-state index contributed by atoms with van der Waals surface area (Å²) in [5, 5.41) is 2.94. The number of hydrogen-bond donors (Lipinski definition) is 1. The van der Waals surface area contributed by atoms with Gasteiger partial charge in [0.25, 0.3) is 5.91 Å². The van der Waals surface area contributed by atoms with Gasteiger partial charge in [0.2, 0.25) is 5.91 Å². The first-order valence-electron chi connectivity index (χ1n) is 9.78. The highest BCUT2D eigenvalue weighted by Crippen LogP contribution is 2.30. The molecule has 1 saturated heterocycles. The molecule has 0 bridgehead atoms. The molecule has 3 rings (SSSR count). The van der Waals surface area contributed by atoms with Gasteiger partial charge in [-0.2, -0.15) is 0 Å². The van der Waals surface area contributed by atoms with Gasteiger partial charge in [-0.1, -0.05) is 12.1 Å². The zero-order valence-corrected chi connectivity index (χ0v) is 18.6. The molecule has 0 atom stereocenters. The Balaban J connectivity index is 1.90. The zero-order valence-electron chi connectivity index (χ0n) is 17.0. The van der Waals surface area contributed by atoms with Crippen LogP contribution in [0.5, 0.6) is 0 Å². The third kappa shape index (κ3) is 4.99. The molecule has 2 aromatic rings. The topological polar surface area (TPSA) is 79.0 Å². The Bertz CT molecular complexity index is 955. The molecular formula is C22H24BrN3O4. The lowest BCUT2D eigenvalue weighted by Crippen LogP contribution is -2.48. The fraction of sp³-hybridized carbons (Fsp3) is 0.318. The van der Waals surface area contributed by atoms with Gasteiger partial charge in [-0.3, -0.25) is 9.59 Å². The van der Waals surface area contributed by atoms with Gasteiger partial charge in [0.1, 0.15) is 0 Å². The van der Waals surface area contributed by atoms with Crippen molar-refractivity contribution in [2.75, 3.05) is 43.0 Å². The van der Waals surface area contributed by atoms with E-state index in [1.807, 2.05) is 12.1 Å². The lowest BCUT2D eigenvalue weighted by atomic mass is 10.1. The van der Waals surface area contributed by atoms with Crippen molar-refractivity contribution < 1.29 is 19.1 Å². The molecule has 30 heavy (non-hydrogen) atoms. The Kier molecular flexibility index (Phi) is 7.10. The number of carbonyl (C=O) groups is 3. The highest BCUT2D eigenvalue weighted by Gasteiger charge is 2.23. The average Bonchev–Trinajstić information content (AvgIpc) is 2.74. The maximum absolute atomic E-state index is 12.9. The van der Waals surface area contributed by atoms with Gasteiger partial charge in [0.05, 0.1) is 29.1 Å². The summed E-state index contributed by atoms with van der Waals surface area (Å²) >= 11 is 3.40. The number of anilines is 2. The Labute approximate surface area is 184 Å². The van der Waals surface area contributed by atoms with Crippen molar-refractivity contribution in [2.45, 2.75) is 13.8 Å². The van der Waals surface area contributed by atoms with Crippen molar-refractivity contribution in [3.63, 3.8) is 0 Å². The summed E-state index contributed by atoms with van der Waals surface area (Å²) in [5.74, 6) is -0.677. The van der Waals surface area contributed by atoms with Crippen LogP contribution in [-0.2, 0) is 9.53 Å². The van der Waals surface area contributed by atoms with Crippen LogP contribution in [0.2, 0.25) is 0 Å². The van der Waals surface area contributed by atoms with Gasteiger partial charge in [-0.15, -0.1) is 0 Å². The second kappa shape index (κ2) is 9.75. The molecule has 2 amide bonds. The molecule has 7 nitrogen and oxygen atoms in total. The average molecular weight is 474 g/mol. The van der Waals surface area contributed by atoms with Crippen LogP contribution >= 0.6 is 15.9 Å². The van der Waals surface area contributed by atoms with Gasteiger partial charge in [0.15, 0.2) is 0 Å². The summed E-state index contributed by atoms with van der Waals surface area (Å²) in [4.78, 5) is 40.6. The number of halogens is 1. The first-order valence-corrected chi connectivity index (χ1v) is 10.6. The predicted molar refractivity (Wildman–Crippen MR) is 119 cm³/mol. The number of carbonyl (C=O) groups excluding carboxylic acids is 3. The van der Waals surface area contributed by atoms with Gasteiger partial charge in [-0.25, -0.2) is 4.79 Å². The summed E-state index contributed by atoms with van der Waals surface area (Å²) in [7, 11) is 0. The fourth-order valence-electron chi connectivity index (χ4n) is 3.35. The van der Waals surface area contributed by atoms with E-state index in [-0.39, 0.29) is 18.4 Å². The Morgan fingerprint density at radius 2 is 1.77 bits per heavy atom. The summed E-state index contributed by atoms with van der Waals surface area (Å²) in [6, 6.07) is 12.3. The standard InChI is InChI=1S/C22H24BrN3O4/c1-3-30-22(29)16-8-9-20(26-12-10-25(11-13-26)15(2)27)19(14-16)24-21(28)17-6-4-5-7-18(17)23/h4-9,14H,3,10-13H2,1-2H3,(H,24,28). The summed E-state index contributed by atoms with van der Waals surface area (Å²) in [6.07, 6.45) is 0. The maximum Gasteiger partial charge on any atom is 0.338 e. The predicted octanol–water partition coefficient (Wildman–Crippen LogP) is 3.55. The molecule has 8 heteroatoms. The van der Waals surface area contributed by atoms with E-state index in [0.29, 0.717) is 47.5 Å². The molecule has 0 aromatic heterocycles. The molecule has 0 aliphatic carbocycles. The molecule has 1 heterocycles. The lowest BCUT2D eigenvalue weighted by Gasteiger charge is -2.36. The molecule has 1 aliphatic rings. The lowest BCUT2D eigenvalue weighted by molar-refractivity contribution is -0.129. The number of amides is 2. The number of benzene rings is 2. The monoisotopic (exact) mass is 473 g/mol. The van der Waals surface area contributed by atoms with Gasteiger partial charge >= 0.3 is 5.97 Å². The Hall–Kier alpha value is -2.87. The van der Waals surface area contributed by atoms with E-state index in [0.717, 1.165) is 5.69 Å². The van der Waals surface area contributed by atoms with Gasteiger partial charge in [0, 0.05) is 37.6 Å². The number of piperazine rings is 1. The van der Waals surface area contributed by atoms with Crippen LogP contribution in [0.1, 0.15) is 34.6 Å². The third-order valence-corrected chi connectivity index (χ3v) is 5.63. The highest BCUT2D eigenvalue weighted by molar-refractivity contribution is 9.10. The molecular weight excluding hydrogens is 450 g/mol. The maximum atomic E-state index is 12.9. The molecule has 1 aliphatic heterocycles. The molecule has 0 radical (unpaired) electrons. The van der Waals surface area contributed by atoms with E-state index in [1.54, 1.807) is 49.1 Å². The molecule has 0 saturated carbocycles. The van der Waals surface area contributed by atoms with Crippen LogP contribution in [0.15, 0.2) is 46.9 Å². The third-order valence-electron chi connectivity index (χ3n) is 4.94. The van der Waals surface area contributed by atoms with Crippen LogP contribution in [0, 0.1) is 0 Å². The quantitative estimate of drug-likeness (QED) is 0.671. The smallest absolute Gasteiger partial charge is 0.338 e. The number of nitrogens with one attached hydrogen (secondary N) is 1. The normalized spacial score (nSPS) is 13.7. The fourth-order valence-corrected chi connectivity index (χ4v) is 3.82. The van der Waals surface area contributed by atoms with Crippen molar-refractivity contribution in [1.29, 1.82) is 0 Å². The van der Waals surface area contributed by atoms with Crippen molar-refractivity contribution in [3.8, 4) is 0 Å². The number of rotatable bonds is 5. The largest absolute Gasteiger partial charge is 0.462 e. The van der Waals surface area contributed by atoms with Crippen molar-refractivity contribution in [2.24, 2.45) is 0 Å². The van der Waals surface area contributed by atoms with Crippen LogP contribution in [0.25, 0.3) is 0 Å². The number of esters is 1. The highest BCUT2D eigenvalue weighted by atomic mass is 79.9. The molecule has 1 N–H and O–H groups in total. The number of hydrogen-bond acceptors (Lipinski definition) is 5. The zero-order chi connectivity index (χ0) is 21.7. The van der Waals surface area contributed by atoms with Gasteiger partial charge in [-0.05, 0) is 53.2 Å². The van der Waals surface area contributed by atoms with E-state index < -0.39 is 5.97 Å². The summed E-state index contributed by atoms with van der Waals surface area (Å²) in [5.41, 5.74) is 2.18. The summed E-state index contributed by atoms with van der Waals surface area (Å²) in [6.45, 7) is 6.06. The Morgan fingerprint density at radius 1 is 1.07 bits per heavy atom. The van der Waals surface area contributed by atoms with Crippen LogP contribution < -0.4 is 10.2 Å². The molecule has 0 spiro atoms. The SMILES string of the molecule is CCOC(=O)c1ccc(N2CCN(C(C)=O)CC2)c(NC(=O)c2ccccc2Br)c1. The first kappa shape index (κ1) is 21.8. The van der Waals surface area contributed by atoms with E-state index in [1.165, 1.54) is 0 Å². The second-order valence-corrected chi connectivity index (χ2v) is 7.73. The van der Waals surface area contributed by atoms with Crippen LogP contribution in [-0.4, -0.2) is 55.5 Å². The van der Waals surface area contributed by atoms with Crippen molar-refractivity contribution >= 4 is 45.1 Å². The van der Waals surface area contributed by atoms with Gasteiger partial charge < -0.3 is 19.9 Å². The number of nitrogens with zero attached hydrogens (tertiary/aromatic N) is 2. The summed E-state index contributed by atoms with van der Waals surface area (Å²) < 4.78 is 5.78. The van der Waals surface area contributed by atoms with Crippen molar-refractivity contribution in [3.05, 3.63) is 58.1 Å². The minimum absolute atomic E-state index is 0.0507. The first-order chi connectivity index (χ1) is 14.4. The van der Waals surface area contributed by atoms with E-state index >= 15 is 0 Å².